The van der Waals surface area contributed by atoms with Gasteiger partial charge < -0.3 is 10.2 Å². The third-order valence-electron chi connectivity index (χ3n) is 3.91. The van der Waals surface area contributed by atoms with Gasteiger partial charge in [0.05, 0.1) is 0 Å². The van der Waals surface area contributed by atoms with E-state index in [1.54, 1.807) is 0 Å². The minimum Gasteiger partial charge on any atom is -0.390 e. The standard InChI is InChI=1S/C17H36N2/c1-11(2)15(9)19(14(7)8)17(13(5)6)16(18-10)12(3)4/h11-15,18H,1-10H3/b17-16-. The van der Waals surface area contributed by atoms with Gasteiger partial charge in [-0.05, 0) is 38.5 Å². The monoisotopic (exact) mass is 268 g/mol. The summed E-state index contributed by atoms with van der Waals surface area (Å²) < 4.78 is 0. The fourth-order valence-electron chi connectivity index (χ4n) is 2.75. The Labute approximate surface area is 121 Å². The fraction of sp³-hybridized carbons (Fsp3) is 0.882. The first-order valence-corrected chi connectivity index (χ1v) is 7.85. The molecule has 19 heavy (non-hydrogen) atoms. The maximum absolute atomic E-state index is 3.45. The van der Waals surface area contributed by atoms with E-state index in [2.05, 4.69) is 79.6 Å². The average Bonchev–Trinajstić information content (AvgIpc) is 2.26. The molecule has 0 aliphatic rings. The molecule has 0 aliphatic carbocycles. The summed E-state index contributed by atoms with van der Waals surface area (Å²) in [6.45, 7) is 20.7. The molecule has 0 rings (SSSR count). The van der Waals surface area contributed by atoms with Gasteiger partial charge >= 0.3 is 0 Å². The third-order valence-corrected chi connectivity index (χ3v) is 3.91. The van der Waals surface area contributed by atoms with Crippen LogP contribution in [-0.4, -0.2) is 24.0 Å². The molecule has 1 unspecified atom stereocenters. The summed E-state index contributed by atoms with van der Waals surface area (Å²) in [6.07, 6.45) is 0. The zero-order valence-corrected chi connectivity index (χ0v) is 14.8. The topological polar surface area (TPSA) is 15.3 Å². The molecule has 0 saturated carbocycles. The molecular formula is C17H36N2. The minimum atomic E-state index is 0.525. The second-order valence-corrected chi connectivity index (χ2v) is 6.84. The smallest absolute Gasteiger partial charge is 0.0358 e. The first-order valence-electron chi connectivity index (χ1n) is 7.85. The summed E-state index contributed by atoms with van der Waals surface area (Å²) in [5, 5.41) is 3.45. The zero-order valence-electron chi connectivity index (χ0n) is 14.8. The summed E-state index contributed by atoms with van der Waals surface area (Å²) in [6, 6.07) is 1.08. The van der Waals surface area contributed by atoms with Crippen molar-refractivity contribution in [3.8, 4) is 0 Å². The van der Waals surface area contributed by atoms with Gasteiger partial charge in [-0.3, -0.25) is 0 Å². The van der Waals surface area contributed by atoms with Crippen molar-refractivity contribution in [1.82, 2.24) is 10.2 Å². The third kappa shape index (κ3) is 4.74. The molecule has 0 aromatic heterocycles. The largest absolute Gasteiger partial charge is 0.390 e. The van der Waals surface area contributed by atoms with Crippen LogP contribution in [0.1, 0.15) is 62.3 Å². The van der Waals surface area contributed by atoms with Crippen LogP contribution in [0, 0.1) is 17.8 Å². The minimum absolute atomic E-state index is 0.525. The van der Waals surface area contributed by atoms with Crippen molar-refractivity contribution in [1.29, 1.82) is 0 Å². The summed E-state index contributed by atoms with van der Waals surface area (Å²) >= 11 is 0. The van der Waals surface area contributed by atoms with Crippen molar-refractivity contribution in [3.05, 3.63) is 11.4 Å². The summed E-state index contributed by atoms with van der Waals surface area (Å²) in [4.78, 5) is 2.61. The molecule has 0 amide bonds. The summed E-state index contributed by atoms with van der Waals surface area (Å²) in [5.74, 6) is 1.72. The van der Waals surface area contributed by atoms with Crippen molar-refractivity contribution in [3.63, 3.8) is 0 Å². The van der Waals surface area contributed by atoms with Crippen molar-refractivity contribution >= 4 is 0 Å². The highest BCUT2D eigenvalue weighted by molar-refractivity contribution is 5.17. The second-order valence-electron chi connectivity index (χ2n) is 6.84. The molecule has 0 aromatic carbocycles. The normalized spacial score (nSPS) is 15.3. The molecule has 0 heterocycles. The maximum atomic E-state index is 3.45. The van der Waals surface area contributed by atoms with Gasteiger partial charge in [-0.2, -0.15) is 0 Å². The average molecular weight is 268 g/mol. The van der Waals surface area contributed by atoms with Gasteiger partial charge in [-0.25, -0.2) is 0 Å². The van der Waals surface area contributed by atoms with Gasteiger partial charge in [0.1, 0.15) is 0 Å². The molecule has 0 saturated heterocycles. The van der Waals surface area contributed by atoms with Crippen LogP contribution in [0.5, 0.6) is 0 Å². The summed E-state index contributed by atoms with van der Waals surface area (Å²) in [5.41, 5.74) is 2.87. The highest BCUT2D eigenvalue weighted by Crippen LogP contribution is 2.29. The molecule has 0 radical (unpaired) electrons. The van der Waals surface area contributed by atoms with Crippen LogP contribution in [-0.2, 0) is 0 Å². The van der Waals surface area contributed by atoms with Crippen molar-refractivity contribution in [2.75, 3.05) is 7.05 Å². The molecular weight excluding hydrogens is 232 g/mol. The van der Waals surface area contributed by atoms with Gasteiger partial charge in [0.2, 0.25) is 0 Å². The van der Waals surface area contributed by atoms with E-state index in [0.29, 0.717) is 29.8 Å². The van der Waals surface area contributed by atoms with Gasteiger partial charge in [-0.1, -0.05) is 41.5 Å². The lowest BCUT2D eigenvalue weighted by Gasteiger charge is -2.42. The van der Waals surface area contributed by atoms with E-state index in [4.69, 9.17) is 0 Å². The van der Waals surface area contributed by atoms with Gasteiger partial charge in [-0.15, -0.1) is 0 Å². The number of hydrogen-bond acceptors (Lipinski definition) is 2. The predicted octanol–water partition coefficient (Wildman–Crippen LogP) is 4.48. The van der Waals surface area contributed by atoms with Gasteiger partial charge in [0, 0.05) is 30.5 Å². The lowest BCUT2D eigenvalue weighted by atomic mass is 9.94. The Bertz CT molecular complexity index is 288. The van der Waals surface area contributed by atoms with Crippen molar-refractivity contribution in [2.45, 2.75) is 74.4 Å². The van der Waals surface area contributed by atoms with Crippen molar-refractivity contribution < 1.29 is 0 Å². The van der Waals surface area contributed by atoms with Crippen LogP contribution in [0.4, 0.5) is 0 Å². The lowest BCUT2D eigenvalue weighted by molar-refractivity contribution is 0.156. The number of nitrogens with one attached hydrogen (secondary N) is 1. The Morgan fingerprint density at radius 1 is 0.789 bits per heavy atom. The number of allylic oxidation sites excluding steroid dienone is 2. The van der Waals surface area contributed by atoms with Crippen LogP contribution in [0.2, 0.25) is 0 Å². The van der Waals surface area contributed by atoms with Crippen LogP contribution >= 0.6 is 0 Å². The molecule has 2 heteroatoms. The molecule has 0 fully saturated rings. The van der Waals surface area contributed by atoms with E-state index in [1.165, 1.54) is 11.4 Å². The Morgan fingerprint density at radius 3 is 1.47 bits per heavy atom. The maximum Gasteiger partial charge on any atom is 0.0358 e. The fourth-order valence-corrected chi connectivity index (χ4v) is 2.75. The van der Waals surface area contributed by atoms with E-state index in [1.807, 2.05) is 0 Å². The molecule has 0 spiro atoms. The molecule has 0 aromatic rings. The van der Waals surface area contributed by atoms with Crippen LogP contribution < -0.4 is 5.32 Å². The molecule has 1 atom stereocenters. The highest BCUT2D eigenvalue weighted by Gasteiger charge is 2.27. The molecule has 1 N–H and O–H groups in total. The lowest BCUT2D eigenvalue weighted by Crippen LogP contribution is -2.44. The highest BCUT2D eigenvalue weighted by atomic mass is 15.2. The quantitative estimate of drug-likeness (QED) is 0.732. The van der Waals surface area contributed by atoms with Crippen LogP contribution in [0.3, 0.4) is 0 Å². The molecule has 2 nitrogen and oxygen atoms in total. The first-order chi connectivity index (χ1) is 8.64. The van der Waals surface area contributed by atoms with E-state index in [-0.39, 0.29) is 0 Å². The molecule has 114 valence electrons. The summed E-state index contributed by atoms with van der Waals surface area (Å²) in [7, 11) is 2.05. The van der Waals surface area contributed by atoms with Gasteiger partial charge in [0.15, 0.2) is 0 Å². The Kier molecular flexibility index (Phi) is 7.54. The van der Waals surface area contributed by atoms with E-state index in [9.17, 15) is 0 Å². The zero-order chi connectivity index (χ0) is 15.3. The van der Waals surface area contributed by atoms with E-state index >= 15 is 0 Å². The Morgan fingerprint density at radius 2 is 1.26 bits per heavy atom. The Balaban J connectivity index is 5.80. The SMILES string of the molecule is CN/C(=C(/C(C)C)N(C(C)C)C(C)C(C)C)C(C)C. The number of nitrogens with zero attached hydrogens (tertiary/aromatic N) is 1. The van der Waals surface area contributed by atoms with Crippen LogP contribution in [0.25, 0.3) is 0 Å². The molecule has 0 aliphatic heterocycles. The number of hydrogen-bond donors (Lipinski definition) is 1. The second kappa shape index (κ2) is 7.81. The van der Waals surface area contributed by atoms with E-state index < -0.39 is 0 Å². The predicted molar refractivity (Wildman–Crippen MR) is 87.0 cm³/mol. The van der Waals surface area contributed by atoms with Crippen LogP contribution in [0.15, 0.2) is 11.4 Å². The first kappa shape index (κ1) is 18.3. The number of rotatable bonds is 7. The Hall–Kier alpha value is -0.660. The molecule has 0 bridgehead atoms. The van der Waals surface area contributed by atoms with Gasteiger partial charge in [0.25, 0.3) is 0 Å². The van der Waals surface area contributed by atoms with Crippen molar-refractivity contribution in [2.24, 2.45) is 17.8 Å². The van der Waals surface area contributed by atoms with E-state index in [0.717, 1.165) is 0 Å².